The molecule has 1 unspecified atom stereocenters. The number of methoxy groups -OCH3 is 2. The van der Waals surface area contributed by atoms with Crippen LogP contribution in [0.1, 0.15) is 18.1 Å². The van der Waals surface area contributed by atoms with Gasteiger partial charge in [-0.1, -0.05) is 30.3 Å². The number of hydrogen-bond acceptors (Lipinski definition) is 6. The third kappa shape index (κ3) is 3.35. The maximum atomic E-state index is 12.0. The first-order valence-electron chi connectivity index (χ1n) is 6.59. The Labute approximate surface area is 127 Å². The van der Waals surface area contributed by atoms with Crippen LogP contribution in [0.3, 0.4) is 0 Å². The average molecular weight is 304 g/mol. The summed E-state index contributed by atoms with van der Waals surface area (Å²) >= 11 is 0. The number of aliphatic hydroxyl groups is 1. The van der Waals surface area contributed by atoms with Crippen molar-refractivity contribution < 1.29 is 28.9 Å². The highest BCUT2D eigenvalue weighted by Crippen LogP contribution is 2.27. The fourth-order valence-corrected chi connectivity index (χ4v) is 2.05. The van der Waals surface area contributed by atoms with E-state index in [1.54, 1.807) is 24.3 Å². The van der Waals surface area contributed by atoms with Crippen LogP contribution < -0.4 is 0 Å². The van der Waals surface area contributed by atoms with Gasteiger partial charge in [0.25, 0.3) is 5.76 Å². The zero-order valence-electron chi connectivity index (χ0n) is 12.2. The first-order chi connectivity index (χ1) is 10.6. The molecule has 1 aliphatic heterocycles. The van der Waals surface area contributed by atoms with Gasteiger partial charge in [-0.25, -0.2) is 4.79 Å². The van der Waals surface area contributed by atoms with Gasteiger partial charge in [-0.3, -0.25) is 4.79 Å². The van der Waals surface area contributed by atoms with E-state index in [9.17, 15) is 14.7 Å². The summed E-state index contributed by atoms with van der Waals surface area (Å²) in [7, 11) is 2.65. The van der Waals surface area contributed by atoms with Gasteiger partial charge in [-0.2, -0.15) is 0 Å². The molecule has 0 saturated carbocycles. The number of ketones is 1. The molecule has 1 atom stereocenters. The monoisotopic (exact) mass is 304 g/mol. The molecule has 1 aliphatic rings. The molecule has 1 aromatic rings. The summed E-state index contributed by atoms with van der Waals surface area (Å²) in [5.41, 5.74) is 0.637. The van der Waals surface area contributed by atoms with Crippen molar-refractivity contribution in [2.24, 2.45) is 0 Å². The fourth-order valence-electron chi connectivity index (χ4n) is 2.05. The quantitative estimate of drug-likeness (QED) is 0.635. The standard InChI is InChI=1S/C16H16O6/c1-20-14-13(22-16(19)15(14)21-2)9-11(17)8-12(18)10-6-4-3-5-7-10/h3-7,9,12,18H,8H2,1-2H3/b13-9-. The van der Waals surface area contributed by atoms with Gasteiger partial charge in [0.05, 0.1) is 20.3 Å². The van der Waals surface area contributed by atoms with Crippen molar-refractivity contribution in [1.29, 1.82) is 0 Å². The minimum atomic E-state index is -0.931. The van der Waals surface area contributed by atoms with E-state index in [0.717, 1.165) is 6.08 Å². The van der Waals surface area contributed by atoms with Gasteiger partial charge >= 0.3 is 5.97 Å². The van der Waals surface area contributed by atoms with Crippen LogP contribution in [0.25, 0.3) is 0 Å². The first-order valence-corrected chi connectivity index (χ1v) is 6.59. The fraction of sp³-hybridized carbons (Fsp3) is 0.250. The van der Waals surface area contributed by atoms with E-state index in [1.807, 2.05) is 6.07 Å². The smallest absolute Gasteiger partial charge is 0.383 e. The van der Waals surface area contributed by atoms with E-state index in [2.05, 4.69) is 0 Å². The van der Waals surface area contributed by atoms with E-state index in [0.29, 0.717) is 5.56 Å². The number of ether oxygens (including phenoxy) is 3. The van der Waals surface area contributed by atoms with Crippen molar-refractivity contribution in [2.75, 3.05) is 14.2 Å². The van der Waals surface area contributed by atoms with Crippen molar-refractivity contribution in [3.8, 4) is 0 Å². The van der Waals surface area contributed by atoms with Crippen LogP contribution in [0.15, 0.2) is 53.7 Å². The van der Waals surface area contributed by atoms with Crippen molar-refractivity contribution in [3.05, 3.63) is 59.2 Å². The second kappa shape index (κ2) is 6.91. The molecule has 116 valence electrons. The van der Waals surface area contributed by atoms with E-state index in [1.165, 1.54) is 14.2 Å². The Morgan fingerprint density at radius 1 is 1.23 bits per heavy atom. The number of carbonyl (C=O) groups is 2. The molecule has 0 radical (unpaired) electrons. The SMILES string of the molecule is COC1=C(OC)/C(=C/C(=O)CC(O)c2ccccc2)OC1=O. The number of cyclic esters (lactones) is 1. The largest absolute Gasteiger partial charge is 0.490 e. The molecule has 0 fully saturated rings. The maximum Gasteiger partial charge on any atom is 0.383 e. The molecule has 0 amide bonds. The lowest BCUT2D eigenvalue weighted by Gasteiger charge is -2.08. The Balaban J connectivity index is 2.11. The summed E-state index contributed by atoms with van der Waals surface area (Å²) in [6, 6.07) is 8.82. The lowest BCUT2D eigenvalue weighted by molar-refractivity contribution is -0.136. The third-order valence-electron chi connectivity index (χ3n) is 3.10. The van der Waals surface area contributed by atoms with Gasteiger partial charge in [0.1, 0.15) is 0 Å². The highest BCUT2D eigenvalue weighted by atomic mass is 16.6. The molecule has 0 spiro atoms. The molecule has 22 heavy (non-hydrogen) atoms. The van der Waals surface area contributed by atoms with Crippen LogP contribution in [0.2, 0.25) is 0 Å². The van der Waals surface area contributed by atoms with Crippen molar-refractivity contribution in [3.63, 3.8) is 0 Å². The van der Waals surface area contributed by atoms with Gasteiger partial charge in [0.15, 0.2) is 11.5 Å². The summed E-state index contributed by atoms with van der Waals surface area (Å²) in [4.78, 5) is 23.5. The lowest BCUT2D eigenvalue weighted by atomic mass is 10.0. The molecule has 0 aromatic heterocycles. The maximum absolute atomic E-state index is 12.0. The molecule has 6 nitrogen and oxygen atoms in total. The summed E-state index contributed by atoms with van der Waals surface area (Å²) in [6.07, 6.45) is 0.0544. The normalized spacial score (nSPS) is 17.4. The van der Waals surface area contributed by atoms with Gasteiger partial charge in [0, 0.05) is 12.5 Å². The number of rotatable bonds is 6. The summed E-state index contributed by atoms with van der Waals surface area (Å²) in [5.74, 6) is -1.16. The average Bonchev–Trinajstić information content (AvgIpc) is 2.82. The number of carbonyl (C=O) groups excluding carboxylic acids is 2. The van der Waals surface area contributed by atoms with Crippen LogP contribution in [-0.4, -0.2) is 31.1 Å². The molecule has 0 bridgehead atoms. The Kier molecular flexibility index (Phi) is 4.95. The van der Waals surface area contributed by atoms with Crippen LogP contribution >= 0.6 is 0 Å². The Bertz CT molecular complexity index is 629. The van der Waals surface area contributed by atoms with Crippen molar-refractivity contribution in [2.45, 2.75) is 12.5 Å². The van der Waals surface area contributed by atoms with E-state index in [4.69, 9.17) is 14.2 Å². The Morgan fingerprint density at radius 2 is 1.86 bits per heavy atom. The summed E-state index contributed by atoms with van der Waals surface area (Å²) in [5, 5.41) is 10.0. The number of benzene rings is 1. The second-order valence-corrected chi connectivity index (χ2v) is 4.56. The predicted octanol–water partition coefficient (Wildman–Crippen LogP) is 1.62. The zero-order valence-corrected chi connectivity index (χ0v) is 12.2. The summed E-state index contributed by atoms with van der Waals surface area (Å²) < 4.78 is 14.8. The van der Waals surface area contributed by atoms with E-state index >= 15 is 0 Å². The topological polar surface area (TPSA) is 82.1 Å². The predicted molar refractivity (Wildman–Crippen MR) is 76.2 cm³/mol. The van der Waals surface area contributed by atoms with Gasteiger partial charge in [-0.05, 0) is 5.56 Å². The van der Waals surface area contributed by atoms with Crippen LogP contribution in [-0.2, 0) is 23.8 Å². The number of aliphatic hydroxyl groups excluding tert-OH is 1. The summed E-state index contributed by atoms with van der Waals surface area (Å²) in [6.45, 7) is 0. The molecule has 6 heteroatoms. The molecule has 1 aromatic carbocycles. The van der Waals surface area contributed by atoms with E-state index in [-0.39, 0.29) is 23.7 Å². The number of allylic oxidation sites excluding steroid dienone is 1. The zero-order chi connectivity index (χ0) is 16.1. The van der Waals surface area contributed by atoms with Gasteiger partial charge < -0.3 is 19.3 Å². The van der Waals surface area contributed by atoms with Crippen LogP contribution in [0.5, 0.6) is 0 Å². The van der Waals surface area contributed by atoms with Gasteiger partial charge in [-0.15, -0.1) is 0 Å². The molecular weight excluding hydrogens is 288 g/mol. The molecule has 2 rings (SSSR count). The highest BCUT2D eigenvalue weighted by molar-refractivity contribution is 5.96. The molecule has 0 saturated heterocycles. The van der Waals surface area contributed by atoms with Crippen molar-refractivity contribution >= 4 is 11.8 Å². The molecular formula is C16H16O6. The Hall–Kier alpha value is -2.60. The number of hydrogen-bond donors (Lipinski definition) is 1. The van der Waals surface area contributed by atoms with Crippen molar-refractivity contribution in [1.82, 2.24) is 0 Å². The molecule has 0 aliphatic carbocycles. The first kappa shape index (κ1) is 15.8. The van der Waals surface area contributed by atoms with Gasteiger partial charge in [0.2, 0.25) is 5.76 Å². The lowest BCUT2D eigenvalue weighted by Crippen LogP contribution is -2.06. The highest BCUT2D eigenvalue weighted by Gasteiger charge is 2.33. The van der Waals surface area contributed by atoms with Crippen LogP contribution in [0, 0.1) is 0 Å². The molecule has 1 N–H and O–H groups in total. The molecule has 1 heterocycles. The third-order valence-corrected chi connectivity index (χ3v) is 3.10. The minimum absolute atomic E-state index is 0.0189. The van der Waals surface area contributed by atoms with E-state index < -0.39 is 17.9 Å². The second-order valence-electron chi connectivity index (χ2n) is 4.56. The Morgan fingerprint density at radius 3 is 2.45 bits per heavy atom. The van der Waals surface area contributed by atoms with Crippen LogP contribution in [0.4, 0.5) is 0 Å². The number of esters is 1. The minimum Gasteiger partial charge on any atom is -0.490 e.